The summed E-state index contributed by atoms with van der Waals surface area (Å²) in [5, 5.41) is 11.9. The second kappa shape index (κ2) is 3.06. The number of nitrogens with two attached hydrogens (primary N) is 1. The molecule has 13 heavy (non-hydrogen) atoms. The van der Waals surface area contributed by atoms with E-state index in [1.54, 1.807) is 6.07 Å². The molecule has 1 aromatic rings. The highest BCUT2D eigenvalue weighted by Gasteiger charge is 2.21. The van der Waals surface area contributed by atoms with Gasteiger partial charge in [-0.25, -0.2) is 0 Å². The maximum Gasteiger partial charge on any atom is 0.153 e. The normalized spacial score (nSPS) is 23.8. The average molecular weight is 178 g/mol. The van der Waals surface area contributed by atoms with Crippen molar-refractivity contribution in [1.82, 2.24) is 0 Å². The SMILES string of the molecule is NC1C/C(=N\O)c2ccccc2O1. The first-order chi connectivity index (χ1) is 6.31. The Morgan fingerprint density at radius 2 is 2.23 bits per heavy atom. The van der Waals surface area contributed by atoms with E-state index < -0.39 is 6.23 Å². The fourth-order valence-corrected chi connectivity index (χ4v) is 1.41. The zero-order valence-electron chi connectivity index (χ0n) is 6.97. The predicted octanol–water partition coefficient (Wildman–Crippen LogP) is 0.932. The molecule has 1 aliphatic heterocycles. The Kier molecular flexibility index (Phi) is 1.90. The van der Waals surface area contributed by atoms with Crippen molar-refractivity contribution in [3.05, 3.63) is 29.8 Å². The van der Waals surface area contributed by atoms with Gasteiger partial charge in [-0.15, -0.1) is 0 Å². The number of nitrogens with zero attached hydrogens (tertiary/aromatic N) is 1. The molecule has 68 valence electrons. The molecule has 0 saturated heterocycles. The van der Waals surface area contributed by atoms with Crippen LogP contribution in [0.15, 0.2) is 29.4 Å². The van der Waals surface area contributed by atoms with Gasteiger partial charge in [-0.1, -0.05) is 17.3 Å². The van der Waals surface area contributed by atoms with Gasteiger partial charge in [0.15, 0.2) is 6.23 Å². The number of hydrogen-bond acceptors (Lipinski definition) is 4. The Hall–Kier alpha value is -1.55. The predicted molar refractivity (Wildman–Crippen MR) is 48.0 cm³/mol. The maximum atomic E-state index is 8.73. The van der Waals surface area contributed by atoms with Crippen LogP contribution in [0.25, 0.3) is 0 Å². The summed E-state index contributed by atoms with van der Waals surface area (Å²) in [5.41, 5.74) is 6.99. The lowest BCUT2D eigenvalue weighted by Gasteiger charge is -2.23. The van der Waals surface area contributed by atoms with E-state index in [4.69, 9.17) is 15.7 Å². The van der Waals surface area contributed by atoms with Crippen LogP contribution in [0.5, 0.6) is 5.75 Å². The van der Waals surface area contributed by atoms with Crippen molar-refractivity contribution in [2.24, 2.45) is 10.9 Å². The van der Waals surface area contributed by atoms with Crippen molar-refractivity contribution in [1.29, 1.82) is 0 Å². The first-order valence-corrected chi connectivity index (χ1v) is 4.04. The van der Waals surface area contributed by atoms with Gasteiger partial charge in [0.25, 0.3) is 0 Å². The molecule has 0 saturated carbocycles. The number of hydrogen-bond donors (Lipinski definition) is 2. The second-order valence-corrected chi connectivity index (χ2v) is 2.90. The van der Waals surface area contributed by atoms with Crippen molar-refractivity contribution in [2.45, 2.75) is 12.6 Å². The highest BCUT2D eigenvalue weighted by Crippen LogP contribution is 2.25. The number of oxime groups is 1. The molecule has 3 N–H and O–H groups in total. The van der Waals surface area contributed by atoms with Crippen LogP contribution in [0.3, 0.4) is 0 Å². The van der Waals surface area contributed by atoms with Crippen LogP contribution >= 0.6 is 0 Å². The largest absolute Gasteiger partial charge is 0.474 e. The third-order valence-electron chi connectivity index (χ3n) is 1.99. The lowest BCUT2D eigenvalue weighted by atomic mass is 10.0. The fourth-order valence-electron chi connectivity index (χ4n) is 1.41. The van der Waals surface area contributed by atoms with Gasteiger partial charge in [-0.2, -0.15) is 0 Å². The van der Waals surface area contributed by atoms with E-state index in [2.05, 4.69) is 5.16 Å². The van der Waals surface area contributed by atoms with Gasteiger partial charge in [0.2, 0.25) is 0 Å². The fraction of sp³-hybridized carbons (Fsp3) is 0.222. The minimum Gasteiger partial charge on any atom is -0.474 e. The molecule has 4 nitrogen and oxygen atoms in total. The molecule has 0 aliphatic carbocycles. The Bertz CT molecular complexity index is 349. The molecular weight excluding hydrogens is 168 g/mol. The van der Waals surface area contributed by atoms with Crippen molar-refractivity contribution < 1.29 is 9.94 Å². The van der Waals surface area contributed by atoms with Crippen LogP contribution in [0.4, 0.5) is 0 Å². The number of fused-ring (bicyclic) bond motifs is 1. The summed E-state index contributed by atoms with van der Waals surface area (Å²) in [7, 11) is 0. The molecule has 1 heterocycles. The molecule has 4 heteroatoms. The summed E-state index contributed by atoms with van der Waals surface area (Å²) in [5.74, 6) is 0.675. The quantitative estimate of drug-likeness (QED) is 0.458. The zero-order valence-corrected chi connectivity index (χ0v) is 6.97. The topological polar surface area (TPSA) is 67.8 Å². The van der Waals surface area contributed by atoms with E-state index in [9.17, 15) is 0 Å². The Labute approximate surface area is 75.6 Å². The first-order valence-electron chi connectivity index (χ1n) is 4.04. The third-order valence-corrected chi connectivity index (χ3v) is 1.99. The summed E-state index contributed by atoms with van der Waals surface area (Å²) in [6.45, 7) is 0. The van der Waals surface area contributed by atoms with Gasteiger partial charge < -0.3 is 9.94 Å². The first kappa shape index (κ1) is 8.07. The summed E-state index contributed by atoms with van der Waals surface area (Å²) in [6.07, 6.45) is 0.0221. The van der Waals surface area contributed by atoms with Crippen LogP contribution in [0.2, 0.25) is 0 Å². The number of para-hydroxylation sites is 1. The van der Waals surface area contributed by atoms with Crippen molar-refractivity contribution in [2.75, 3.05) is 0 Å². The number of benzene rings is 1. The molecule has 0 fully saturated rings. The molecule has 0 bridgehead atoms. The molecule has 1 atom stereocenters. The van der Waals surface area contributed by atoms with E-state index >= 15 is 0 Å². The van der Waals surface area contributed by atoms with Crippen molar-refractivity contribution in [3.63, 3.8) is 0 Å². The monoisotopic (exact) mass is 178 g/mol. The van der Waals surface area contributed by atoms with E-state index in [1.165, 1.54) is 0 Å². The molecule has 0 aromatic heterocycles. The van der Waals surface area contributed by atoms with E-state index in [-0.39, 0.29) is 0 Å². The second-order valence-electron chi connectivity index (χ2n) is 2.90. The lowest BCUT2D eigenvalue weighted by molar-refractivity contribution is 0.206. The number of ether oxygens (including phenoxy) is 1. The van der Waals surface area contributed by atoms with Gasteiger partial charge in [-0.3, -0.25) is 5.73 Å². The highest BCUT2D eigenvalue weighted by atomic mass is 16.5. The average Bonchev–Trinajstić information content (AvgIpc) is 2.16. The van der Waals surface area contributed by atoms with Gasteiger partial charge in [0.1, 0.15) is 5.75 Å². The van der Waals surface area contributed by atoms with Gasteiger partial charge in [0.05, 0.1) is 5.71 Å². The molecular formula is C9H10N2O2. The molecule has 1 unspecified atom stereocenters. The van der Waals surface area contributed by atoms with Gasteiger partial charge in [0, 0.05) is 12.0 Å². The van der Waals surface area contributed by atoms with Crippen LogP contribution in [-0.4, -0.2) is 17.1 Å². The van der Waals surface area contributed by atoms with Gasteiger partial charge in [-0.05, 0) is 12.1 Å². The minimum atomic E-state index is -0.416. The zero-order chi connectivity index (χ0) is 9.26. The summed E-state index contributed by atoms with van der Waals surface area (Å²) < 4.78 is 5.35. The summed E-state index contributed by atoms with van der Waals surface area (Å²) >= 11 is 0. The van der Waals surface area contributed by atoms with Crippen LogP contribution in [0.1, 0.15) is 12.0 Å². The molecule has 0 amide bonds. The molecule has 2 rings (SSSR count). The maximum absolute atomic E-state index is 8.73. The molecule has 0 spiro atoms. The van der Waals surface area contributed by atoms with Crippen molar-refractivity contribution >= 4 is 5.71 Å². The summed E-state index contributed by atoms with van der Waals surface area (Å²) in [4.78, 5) is 0. The highest BCUT2D eigenvalue weighted by molar-refractivity contribution is 6.03. The Morgan fingerprint density at radius 3 is 3.00 bits per heavy atom. The smallest absolute Gasteiger partial charge is 0.153 e. The Morgan fingerprint density at radius 1 is 1.46 bits per heavy atom. The molecule has 0 radical (unpaired) electrons. The standard InChI is InChI=1S/C9H10N2O2/c10-9-5-7(11-12)6-3-1-2-4-8(6)13-9/h1-4,9,12H,5,10H2/b11-7+. The van der Waals surface area contributed by atoms with E-state index in [0.717, 1.165) is 5.56 Å². The Balaban J connectivity index is 2.49. The van der Waals surface area contributed by atoms with Gasteiger partial charge >= 0.3 is 0 Å². The van der Waals surface area contributed by atoms with Crippen LogP contribution in [-0.2, 0) is 0 Å². The lowest BCUT2D eigenvalue weighted by Crippen LogP contribution is -2.34. The third kappa shape index (κ3) is 1.36. The van der Waals surface area contributed by atoms with Crippen LogP contribution in [0, 0.1) is 0 Å². The molecule has 1 aliphatic rings. The number of rotatable bonds is 0. The summed E-state index contributed by atoms with van der Waals surface area (Å²) in [6, 6.07) is 7.37. The van der Waals surface area contributed by atoms with Crippen LogP contribution < -0.4 is 10.5 Å². The van der Waals surface area contributed by atoms with Crippen molar-refractivity contribution in [3.8, 4) is 5.75 Å². The minimum absolute atomic E-state index is 0.416. The van der Waals surface area contributed by atoms with E-state index in [1.807, 2.05) is 18.2 Å². The van der Waals surface area contributed by atoms with E-state index in [0.29, 0.717) is 17.9 Å². The molecule has 1 aromatic carbocycles.